The van der Waals surface area contributed by atoms with Gasteiger partial charge in [-0.2, -0.15) is 0 Å². The topological polar surface area (TPSA) is 72.5 Å². The minimum absolute atomic E-state index is 0.0242. The van der Waals surface area contributed by atoms with Crippen molar-refractivity contribution in [2.24, 2.45) is 11.8 Å². The molecule has 2 atom stereocenters. The number of ketones is 2. The molecule has 1 N–H and O–H groups in total. The Labute approximate surface area is 226 Å². The number of Topliss-reactive ketones (excluding diaryl/α,β-unsaturated/α-hetero) is 2. The predicted molar refractivity (Wildman–Crippen MR) is 147 cm³/mol. The smallest absolute Gasteiger partial charge is 0.253 e. The molecule has 0 spiro atoms. The first-order chi connectivity index (χ1) is 17.4. The maximum Gasteiger partial charge on any atom is 0.253 e. The summed E-state index contributed by atoms with van der Waals surface area (Å²) >= 11 is 6.33. The Hall–Kier alpha value is -2.40. The summed E-state index contributed by atoms with van der Waals surface area (Å²) in [6.45, 7) is 14.3. The fourth-order valence-corrected chi connectivity index (χ4v) is 5.99. The number of fused-ring (bicyclic) bond motifs is 4. The van der Waals surface area contributed by atoms with Gasteiger partial charge in [0.05, 0.1) is 17.2 Å². The lowest BCUT2D eigenvalue weighted by molar-refractivity contribution is -0.121. The molecule has 1 saturated carbocycles. The summed E-state index contributed by atoms with van der Waals surface area (Å²) in [5.41, 5.74) is 4.35. The number of carbonyl (C=O) groups is 3. The van der Waals surface area contributed by atoms with Gasteiger partial charge in [0.1, 0.15) is 11.5 Å². The number of rotatable bonds is 10. The van der Waals surface area contributed by atoms with E-state index in [1.807, 2.05) is 0 Å². The Balaban J connectivity index is 1.40. The SMILES string of the molecule is CCC(C)(C)c1ccc(OCCCNC(=O)C2=C(Cl)C(=O)CC3=C2C2CCC3C2=O)c(C(C)(C)CC)c1. The number of allylic oxidation sites excluding steroid dienone is 2. The number of halogens is 1. The summed E-state index contributed by atoms with van der Waals surface area (Å²) in [5, 5.41) is 2.88. The molecule has 1 aromatic rings. The summed E-state index contributed by atoms with van der Waals surface area (Å²) in [7, 11) is 0. The van der Waals surface area contributed by atoms with Gasteiger partial charge in [-0.25, -0.2) is 0 Å². The number of ether oxygens (including phenoxy) is 1. The van der Waals surface area contributed by atoms with Gasteiger partial charge in [-0.3, -0.25) is 14.4 Å². The Morgan fingerprint density at radius 2 is 1.73 bits per heavy atom. The highest BCUT2D eigenvalue weighted by molar-refractivity contribution is 6.46. The molecule has 2 unspecified atom stereocenters. The standard InChI is InChI=1S/C31H40ClNO4/c1-7-30(3,4)18-10-13-24(22(16-18)31(5,6)8-2)37-15-9-14-33-29(36)26-25-20-12-11-19(28(20)35)21(25)17-23(34)27(26)32/h10,13,16,19-20H,7-9,11-12,14-15,17H2,1-6H3,(H,33,36). The third-order valence-electron chi connectivity index (χ3n) is 8.98. The van der Waals surface area contributed by atoms with E-state index >= 15 is 0 Å². The molecule has 3 aliphatic carbocycles. The van der Waals surface area contributed by atoms with Crippen LogP contribution < -0.4 is 10.1 Å². The van der Waals surface area contributed by atoms with Crippen LogP contribution in [0.1, 0.15) is 91.2 Å². The van der Waals surface area contributed by atoms with E-state index in [-0.39, 0.29) is 57.2 Å². The zero-order valence-corrected chi connectivity index (χ0v) is 23.8. The molecule has 0 aromatic heterocycles. The second-order valence-electron chi connectivity index (χ2n) is 12.0. The third-order valence-corrected chi connectivity index (χ3v) is 9.38. The van der Waals surface area contributed by atoms with E-state index in [0.717, 1.165) is 42.6 Å². The number of hydrogen-bond donors (Lipinski definition) is 1. The molecule has 0 radical (unpaired) electrons. The minimum atomic E-state index is -0.371. The fourth-order valence-electron chi connectivity index (χ4n) is 5.73. The summed E-state index contributed by atoms with van der Waals surface area (Å²) in [5.74, 6) is -0.109. The zero-order valence-electron chi connectivity index (χ0n) is 23.1. The van der Waals surface area contributed by atoms with Gasteiger partial charge in [-0.05, 0) is 65.7 Å². The van der Waals surface area contributed by atoms with Gasteiger partial charge in [0.15, 0.2) is 5.78 Å². The van der Waals surface area contributed by atoms with Crippen LogP contribution >= 0.6 is 11.6 Å². The van der Waals surface area contributed by atoms with Crippen molar-refractivity contribution in [1.82, 2.24) is 5.32 Å². The van der Waals surface area contributed by atoms with Crippen LogP contribution in [0.2, 0.25) is 0 Å². The van der Waals surface area contributed by atoms with E-state index in [2.05, 4.69) is 65.1 Å². The lowest BCUT2D eigenvalue weighted by Crippen LogP contribution is -2.32. The number of benzene rings is 1. The molecule has 37 heavy (non-hydrogen) atoms. The monoisotopic (exact) mass is 525 g/mol. The van der Waals surface area contributed by atoms with Gasteiger partial charge in [-0.1, -0.05) is 65.3 Å². The molecule has 2 bridgehead atoms. The molecule has 0 saturated heterocycles. The van der Waals surface area contributed by atoms with Gasteiger partial charge in [0, 0.05) is 30.4 Å². The van der Waals surface area contributed by atoms with Crippen LogP contribution in [0.25, 0.3) is 0 Å². The molecule has 6 heteroatoms. The lowest BCUT2D eigenvalue weighted by atomic mass is 9.76. The Kier molecular flexibility index (Phi) is 7.77. The van der Waals surface area contributed by atoms with Crippen molar-refractivity contribution in [3.8, 4) is 5.75 Å². The molecule has 1 fully saturated rings. The van der Waals surface area contributed by atoms with Gasteiger partial charge in [0.2, 0.25) is 0 Å². The zero-order chi connectivity index (χ0) is 27.1. The first-order valence-corrected chi connectivity index (χ1v) is 14.1. The highest BCUT2D eigenvalue weighted by Gasteiger charge is 2.51. The Morgan fingerprint density at radius 1 is 1.05 bits per heavy atom. The van der Waals surface area contributed by atoms with Crippen LogP contribution in [-0.2, 0) is 25.2 Å². The van der Waals surface area contributed by atoms with Crippen LogP contribution in [-0.4, -0.2) is 30.6 Å². The molecular formula is C31H40ClNO4. The van der Waals surface area contributed by atoms with E-state index in [9.17, 15) is 14.4 Å². The van der Waals surface area contributed by atoms with E-state index in [4.69, 9.17) is 16.3 Å². The summed E-state index contributed by atoms with van der Waals surface area (Å²) < 4.78 is 6.22. The quantitative estimate of drug-likeness (QED) is 0.363. The summed E-state index contributed by atoms with van der Waals surface area (Å²) in [4.78, 5) is 38.2. The first-order valence-electron chi connectivity index (χ1n) is 13.7. The van der Waals surface area contributed by atoms with Gasteiger partial charge < -0.3 is 10.1 Å². The van der Waals surface area contributed by atoms with Crippen molar-refractivity contribution in [2.45, 2.75) is 90.9 Å². The van der Waals surface area contributed by atoms with Crippen LogP contribution in [0, 0.1) is 11.8 Å². The molecule has 1 aromatic carbocycles. The minimum Gasteiger partial charge on any atom is -0.493 e. The normalized spacial score (nSPS) is 21.6. The van der Waals surface area contributed by atoms with Crippen LogP contribution in [0.5, 0.6) is 5.75 Å². The molecule has 0 heterocycles. The van der Waals surface area contributed by atoms with Crippen molar-refractivity contribution < 1.29 is 19.1 Å². The average Bonchev–Trinajstić information content (AvgIpc) is 3.36. The molecule has 3 aliphatic rings. The van der Waals surface area contributed by atoms with Crippen LogP contribution in [0.3, 0.4) is 0 Å². The van der Waals surface area contributed by atoms with Gasteiger partial charge in [-0.15, -0.1) is 0 Å². The average molecular weight is 526 g/mol. The molecule has 200 valence electrons. The van der Waals surface area contributed by atoms with Gasteiger partial charge >= 0.3 is 0 Å². The Morgan fingerprint density at radius 3 is 2.41 bits per heavy atom. The third kappa shape index (κ3) is 5.04. The number of hydrogen-bond acceptors (Lipinski definition) is 4. The van der Waals surface area contributed by atoms with E-state index in [0.29, 0.717) is 19.6 Å². The first kappa shape index (κ1) is 27.6. The highest BCUT2D eigenvalue weighted by Crippen LogP contribution is 2.52. The van der Waals surface area contributed by atoms with Crippen molar-refractivity contribution in [2.75, 3.05) is 13.2 Å². The summed E-state index contributed by atoms with van der Waals surface area (Å²) in [6.07, 6.45) is 4.32. The maximum absolute atomic E-state index is 13.1. The number of nitrogens with one attached hydrogen (secondary N) is 1. The van der Waals surface area contributed by atoms with Crippen molar-refractivity contribution in [3.63, 3.8) is 0 Å². The molecule has 0 aliphatic heterocycles. The lowest BCUT2D eigenvalue weighted by Gasteiger charge is -2.30. The predicted octanol–water partition coefficient (Wildman–Crippen LogP) is 6.32. The largest absolute Gasteiger partial charge is 0.493 e. The number of carbonyl (C=O) groups excluding carboxylic acids is 3. The van der Waals surface area contributed by atoms with Gasteiger partial charge in [0.25, 0.3) is 5.91 Å². The molecular weight excluding hydrogens is 486 g/mol. The number of amides is 1. The van der Waals surface area contributed by atoms with Crippen LogP contribution in [0.15, 0.2) is 40.0 Å². The Bertz CT molecular complexity index is 1190. The maximum atomic E-state index is 13.1. The van der Waals surface area contributed by atoms with E-state index < -0.39 is 0 Å². The summed E-state index contributed by atoms with van der Waals surface area (Å²) in [6, 6.07) is 6.53. The molecule has 4 rings (SSSR count). The van der Waals surface area contributed by atoms with E-state index in [1.165, 1.54) is 11.1 Å². The highest BCUT2D eigenvalue weighted by atomic mass is 35.5. The van der Waals surface area contributed by atoms with Crippen molar-refractivity contribution in [3.05, 3.63) is 51.1 Å². The van der Waals surface area contributed by atoms with E-state index in [1.54, 1.807) is 0 Å². The second kappa shape index (κ2) is 10.4. The second-order valence-corrected chi connectivity index (χ2v) is 12.3. The fraction of sp³-hybridized carbons (Fsp3) is 0.581. The van der Waals surface area contributed by atoms with Crippen molar-refractivity contribution in [1.29, 1.82) is 0 Å². The van der Waals surface area contributed by atoms with Crippen LogP contribution in [0.4, 0.5) is 0 Å². The molecule has 1 amide bonds. The van der Waals surface area contributed by atoms with Crippen molar-refractivity contribution >= 4 is 29.1 Å². The molecule has 5 nitrogen and oxygen atoms in total.